The van der Waals surface area contributed by atoms with E-state index in [0.717, 1.165) is 44.9 Å². The average molecular weight is 719 g/mol. The Kier molecular flexibility index (Phi) is 7.56. The molecule has 0 spiro atoms. The van der Waals surface area contributed by atoms with E-state index in [2.05, 4.69) is 138 Å². The molecule has 264 valence electrons. The Morgan fingerprint density at radius 1 is 0.464 bits per heavy atom. The van der Waals surface area contributed by atoms with E-state index >= 15 is 0 Å². The van der Waals surface area contributed by atoms with Gasteiger partial charge in [0.15, 0.2) is 17.5 Å². The van der Waals surface area contributed by atoms with Gasteiger partial charge in [0, 0.05) is 39.2 Å². The van der Waals surface area contributed by atoms with E-state index in [9.17, 15) is 0 Å². The largest absolute Gasteiger partial charge is 0.484 e. The van der Waals surface area contributed by atoms with Crippen LogP contribution in [-0.2, 0) is 0 Å². The molecular formula is C51H34N4O. The number of hydrogen-bond acceptors (Lipinski definition) is 4. The quantitative estimate of drug-likeness (QED) is 0.172. The molecule has 3 heterocycles. The zero-order valence-corrected chi connectivity index (χ0v) is 30.3. The minimum absolute atomic E-state index is 0.0417. The molecule has 5 nitrogen and oxygen atoms in total. The van der Waals surface area contributed by atoms with Crippen molar-refractivity contribution in [2.45, 2.75) is 12.0 Å². The maximum atomic E-state index is 7.13. The summed E-state index contributed by atoms with van der Waals surface area (Å²) in [6.45, 7) is 0. The molecule has 56 heavy (non-hydrogen) atoms. The van der Waals surface area contributed by atoms with Gasteiger partial charge in [-0.1, -0.05) is 158 Å². The lowest BCUT2D eigenvalue weighted by atomic mass is 9.85. The molecule has 1 aliphatic carbocycles. The average Bonchev–Trinajstić information content (AvgIpc) is 3.83. The van der Waals surface area contributed by atoms with Crippen molar-refractivity contribution in [3.63, 3.8) is 0 Å². The Morgan fingerprint density at radius 2 is 1.02 bits per heavy atom. The first-order chi connectivity index (χ1) is 27.8. The number of rotatable bonds is 6. The molecule has 0 saturated carbocycles. The molecule has 0 saturated heterocycles. The van der Waals surface area contributed by atoms with Crippen LogP contribution in [0.1, 0.15) is 28.8 Å². The first kappa shape index (κ1) is 32.1. The van der Waals surface area contributed by atoms with Gasteiger partial charge in [0.05, 0.1) is 16.8 Å². The molecule has 0 fully saturated rings. The predicted molar refractivity (Wildman–Crippen MR) is 225 cm³/mol. The van der Waals surface area contributed by atoms with Gasteiger partial charge >= 0.3 is 0 Å². The van der Waals surface area contributed by atoms with Crippen LogP contribution in [0, 0.1) is 0 Å². The van der Waals surface area contributed by atoms with Crippen LogP contribution in [-0.4, -0.2) is 19.5 Å². The zero-order chi connectivity index (χ0) is 37.0. The highest BCUT2D eigenvalue weighted by molar-refractivity contribution is 5.92. The van der Waals surface area contributed by atoms with Crippen molar-refractivity contribution >= 4 is 17.0 Å². The second kappa shape index (κ2) is 13.2. The summed E-state index contributed by atoms with van der Waals surface area (Å²) in [5.74, 6) is 2.71. The summed E-state index contributed by atoms with van der Waals surface area (Å²) in [7, 11) is 0. The molecule has 5 heteroatoms. The number of aromatic nitrogens is 4. The smallest absolute Gasteiger partial charge is 0.167 e. The molecule has 0 radical (unpaired) electrons. The first-order valence-corrected chi connectivity index (χ1v) is 19.0. The van der Waals surface area contributed by atoms with Crippen LogP contribution in [0.25, 0.3) is 79.1 Å². The second-order valence-electron chi connectivity index (χ2n) is 14.3. The molecule has 1 aliphatic heterocycles. The summed E-state index contributed by atoms with van der Waals surface area (Å²) < 4.78 is 9.51. The lowest BCUT2D eigenvalue weighted by Gasteiger charge is -2.22. The van der Waals surface area contributed by atoms with Crippen LogP contribution in [0.2, 0.25) is 0 Å². The monoisotopic (exact) mass is 718 g/mol. The van der Waals surface area contributed by atoms with Gasteiger partial charge in [0.25, 0.3) is 0 Å². The maximum Gasteiger partial charge on any atom is 0.167 e. The van der Waals surface area contributed by atoms with Gasteiger partial charge in [-0.15, -0.1) is 0 Å². The Morgan fingerprint density at radius 3 is 1.70 bits per heavy atom. The minimum Gasteiger partial charge on any atom is -0.484 e. The van der Waals surface area contributed by atoms with Crippen LogP contribution >= 0.6 is 0 Å². The van der Waals surface area contributed by atoms with Crippen molar-refractivity contribution in [2.75, 3.05) is 0 Å². The molecule has 0 bridgehead atoms. The third-order valence-corrected chi connectivity index (χ3v) is 11.0. The van der Waals surface area contributed by atoms with Gasteiger partial charge in [-0.3, -0.25) is 0 Å². The SMILES string of the molecule is C1=CC2c3cccc(-c4nc(-c5ccccc5)nc(-c5ccccc5)n4)c3OC2c2c1n(-c1ccc(-c3cccc(-c4ccccc4)c3)cc1)c1ccccc21. The summed E-state index contributed by atoms with van der Waals surface area (Å²) in [5, 5.41) is 1.19. The summed E-state index contributed by atoms with van der Waals surface area (Å²) in [6, 6.07) is 63.4. The number of para-hydroxylation sites is 2. The van der Waals surface area contributed by atoms with E-state index in [1.807, 2.05) is 60.7 Å². The first-order valence-electron chi connectivity index (χ1n) is 19.0. The minimum atomic E-state index is -0.207. The van der Waals surface area contributed by atoms with Crippen LogP contribution < -0.4 is 4.74 Å². The number of benzene rings is 7. The summed E-state index contributed by atoms with van der Waals surface area (Å²) in [4.78, 5) is 15.0. The van der Waals surface area contributed by atoms with Crippen LogP contribution in [0.3, 0.4) is 0 Å². The van der Waals surface area contributed by atoms with Gasteiger partial charge in [0.2, 0.25) is 0 Å². The van der Waals surface area contributed by atoms with Crippen molar-refractivity contribution < 1.29 is 4.74 Å². The van der Waals surface area contributed by atoms with Crippen LogP contribution in [0.4, 0.5) is 0 Å². The standard InChI is InChI=1S/C51H34N4O/c1-4-14-33(15-5-1)37-20-12-21-38(32-37)34-26-28-39(29-27-34)55-44-25-11-10-22-42(44)46-45(55)31-30-41-40-23-13-24-43(47(40)56-48(41)46)51-53-49(35-16-6-2-7-17-35)52-50(54-51)36-18-8-3-9-19-36/h1-32,41,48H. The lowest BCUT2D eigenvalue weighted by Crippen LogP contribution is -2.13. The van der Waals surface area contributed by atoms with Gasteiger partial charge in [-0.05, 0) is 58.7 Å². The number of fused-ring (bicyclic) bond motifs is 7. The maximum absolute atomic E-state index is 7.13. The third-order valence-electron chi connectivity index (χ3n) is 11.0. The van der Waals surface area contributed by atoms with Crippen molar-refractivity contribution in [1.29, 1.82) is 0 Å². The number of ether oxygens (including phenoxy) is 1. The summed E-state index contributed by atoms with van der Waals surface area (Å²) in [6.07, 6.45) is 4.38. The zero-order valence-electron chi connectivity index (χ0n) is 30.3. The Labute approximate surface area is 324 Å². The highest BCUT2D eigenvalue weighted by atomic mass is 16.5. The molecular weight excluding hydrogens is 685 g/mol. The highest BCUT2D eigenvalue weighted by Gasteiger charge is 2.41. The number of nitrogens with zero attached hydrogens (tertiary/aromatic N) is 4. The third kappa shape index (κ3) is 5.36. The van der Waals surface area contributed by atoms with E-state index in [1.54, 1.807) is 0 Å². The van der Waals surface area contributed by atoms with Crippen molar-refractivity contribution in [3.8, 4) is 67.9 Å². The molecule has 7 aromatic carbocycles. The fourth-order valence-corrected chi connectivity index (χ4v) is 8.39. The summed E-state index contributed by atoms with van der Waals surface area (Å²) >= 11 is 0. The summed E-state index contributed by atoms with van der Waals surface area (Å²) in [5.41, 5.74) is 13.3. The molecule has 2 aliphatic rings. The van der Waals surface area contributed by atoms with Gasteiger partial charge in [0.1, 0.15) is 11.9 Å². The fraction of sp³-hybridized carbons (Fsp3) is 0.0392. The molecule has 2 aromatic heterocycles. The Bertz CT molecular complexity index is 2880. The van der Waals surface area contributed by atoms with E-state index in [1.165, 1.54) is 33.2 Å². The molecule has 2 unspecified atom stereocenters. The topological polar surface area (TPSA) is 52.8 Å². The van der Waals surface area contributed by atoms with Gasteiger partial charge in [-0.2, -0.15) is 0 Å². The highest BCUT2D eigenvalue weighted by Crippen LogP contribution is 2.55. The van der Waals surface area contributed by atoms with Crippen molar-refractivity contribution in [1.82, 2.24) is 19.5 Å². The van der Waals surface area contributed by atoms with Gasteiger partial charge in [-0.25, -0.2) is 15.0 Å². The van der Waals surface area contributed by atoms with Gasteiger partial charge < -0.3 is 9.30 Å². The Hall–Kier alpha value is -7.37. The molecule has 11 rings (SSSR count). The predicted octanol–water partition coefficient (Wildman–Crippen LogP) is 12.4. The van der Waals surface area contributed by atoms with Crippen LogP contribution in [0.5, 0.6) is 5.75 Å². The fourth-order valence-electron chi connectivity index (χ4n) is 8.39. The molecule has 0 N–H and O–H groups in total. The van der Waals surface area contributed by atoms with E-state index in [0.29, 0.717) is 17.5 Å². The second-order valence-corrected chi connectivity index (χ2v) is 14.3. The van der Waals surface area contributed by atoms with Crippen LogP contribution in [0.15, 0.2) is 188 Å². The number of hydrogen-bond donors (Lipinski definition) is 0. The van der Waals surface area contributed by atoms with E-state index in [-0.39, 0.29) is 12.0 Å². The molecule has 2 atom stereocenters. The van der Waals surface area contributed by atoms with E-state index < -0.39 is 0 Å². The van der Waals surface area contributed by atoms with Crippen molar-refractivity contribution in [3.05, 3.63) is 205 Å². The van der Waals surface area contributed by atoms with Crippen molar-refractivity contribution in [2.24, 2.45) is 0 Å². The molecule has 9 aromatic rings. The van der Waals surface area contributed by atoms with E-state index in [4.69, 9.17) is 19.7 Å². The normalized spacial score (nSPS) is 15.2. The molecule has 0 amide bonds. The lowest BCUT2D eigenvalue weighted by molar-refractivity contribution is 0.225. The Balaban J connectivity index is 0.987.